The number of carbonyl (C=O) groups is 1. The van der Waals surface area contributed by atoms with E-state index in [1.165, 1.54) is 0 Å². The fourth-order valence-electron chi connectivity index (χ4n) is 2.22. The van der Waals surface area contributed by atoms with Crippen LogP contribution in [0.4, 0.5) is 5.82 Å². The molecule has 0 radical (unpaired) electrons. The average molecular weight is 292 g/mol. The Morgan fingerprint density at radius 2 is 1.82 bits per heavy atom. The van der Waals surface area contributed by atoms with Crippen LogP contribution in [0.1, 0.15) is 17.3 Å². The molecule has 1 aromatic heterocycles. The summed E-state index contributed by atoms with van der Waals surface area (Å²) in [6.45, 7) is 2.41. The lowest BCUT2D eigenvalue weighted by Crippen LogP contribution is -2.14. The minimum absolute atomic E-state index is 0.204. The Bertz CT molecular complexity index is 801. The number of nitrogens with zero attached hydrogens (tertiary/aromatic N) is 1. The third-order valence-corrected chi connectivity index (χ3v) is 3.26. The maximum absolute atomic E-state index is 12.3. The first-order valence-electron chi connectivity index (χ1n) is 7.17. The molecule has 3 rings (SSSR count). The van der Waals surface area contributed by atoms with Crippen molar-refractivity contribution in [3.63, 3.8) is 0 Å². The Hall–Kier alpha value is -2.88. The highest BCUT2D eigenvalue weighted by atomic mass is 16.5. The molecule has 0 saturated carbocycles. The lowest BCUT2D eigenvalue weighted by molar-refractivity contribution is 0.102. The third-order valence-electron chi connectivity index (χ3n) is 3.26. The first kappa shape index (κ1) is 14.1. The highest BCUT2D eigenvalue weighted by molar-refractivity contribution is 6.05. The Labute approximate surface area is 128 Å². The summed E-state index contributed by atoms with van der Waals surface area (Å²) in [6, 6.07) is 18.7. The van der Waals surface area contributed by atoms with E-state index in [-0.39, 0.29) is 5.91 Å². The van der Waals surface area contributed by atoms with Crippen molar-refractivity contribution in [3.05, 3.63) is 66.2 Å². The molecule has 0 aliphatic heterocycles. The van der Waals surface area contributed by atoms with Crippen molar-refractivity contribution in [3.8, 4) is 5.75 Å². The zero-order valence-electron chi connectivity index (χ0n) is 12.2. The molecule has 0 bridgehead atoms. The number of nitrogens with one attached hydrogen (secondary N) is 1. The zero-order chi connectivity index (χ0) is 15.4. The van der Waals surface area contributed by atoms with Crippen LogP contribution < -0.4 is 10.1 Å². The van der Waals surface area contributed by atoms with Gasteiger partial charge in [0.15, 0.2) is 11.6 Å². The van der Waals surface area contributed by atoms with Crippen LogP contribution in [0.5, 0.6) is 5.75 Å². The van der Waals surface area contributed by atoms with E-state index in [9.17, 15) is 4.79 Å². The van der Waals surface area contributed by atoms with Crippen LogP contribution in [0.3, 0.4) is 0 Å². The monoisotopic (exact) mass is 292 g/mol. The zero-order valence-corrected chi connectivity index (χ0v) is 12.2. The van der Waals surface area contributed by atoms with Gasteiger partial charge in [-0.1, -0.05) is 36.4 Å². The van der Waals surface area contributed by atoms with Crippen molar-refractivity contribution in [2.45, 2.75) is 6.92 Å². The summed E-state index contributed by atoms with van der Waals surface area (Å²) in [7, 11) is 0. The van der Waals surface area contributed by atoms with Gasteiger partial charge in [-0.3, -0.25) is 4.79 Å². The molecule has 0 aliphatic carbocycles. The van der Waals surface area contributed by atoms with E-state index >= 15 is 0 Å². The van der Waals surface area contributed by atoms with Gasteiger partial charge in [0.1, 0.15) is 0 Å². The summed E-state index contributed by atoms with van der Waals surface area (Å²) < 4.78 is 5.60. The Morgan fingerprint density at radius 3 is 2.59 bits per heavy atom. The SMILES string of the molecule is CCOc1cc2ccccc2nc1NC(=O)c1ccccc1. The number of rotatable bonds is 4. The molecule has 0 unspecified atom stereocenters. The molecule has 1 heterocycles. The fourth-order valence-corrected chi connectivity index (χ4v) is 2.22. The first-order valence-corrected chi connectivity index (χ1v) is 7.17. The smallest absolute Gasteiger partial charge is 0.256 e. The first-order chi connectivity index (χ1) is 10.8. The van der Waals surface area contributed by atoms with Gasteiger partial charge >= 0.3 is 0 Å². The van der Waals surface area contributed by atoms with Gasteiger partial charge < -0.3 is 10.1 Å². The molecule has 4 nitrogen and oxygen atoms in total. The largest absolute Gasteiger partial charge is 0.490 e. The molecule has 0 aliphatic rings. The molecule has 3 aromatic rings. The number of hydrogen-bond donors (Lipinski definition) is 1. The summed E-state index contributed by atoms with van der Waals surface area (Å²) in [4.78, 5) is 16.8. The number of para-hydroxylation sites is 1. The van der Waals surface area contributed by atoms with Gasteiger partial charge in [-0.05, 0) is 31.2 Å². The van der Waals surface area contributed by atoms with Gasteiger partial charge in [-0.2, -0.15) is 0 Å². The molecule has 2 aromatic carbocycles. The highest BCUT2D eigenvalue weighted by Crippen LogP contribution is 2.27. The van der Waals surface area contributed by atoms with Crippen LogP contribution >= 0.6 is 0 Å². The Morgan fingerprint density at radius 1 is 1.09 bits per heavy atom. The Kier molecular flexibility index (Phi) is 4.01. The number of hydrogen-bond acceptors (Lipinski definition) is 3. The van der Waals surface area contributed by atoms with Crippen LogP contribution in [0.15, 0.2) is 60.7 Å². The number of pyridine rings is 1. The average Bonchev–Trinajstić information content (AvgIpc) is 2.56. The van der Waals surface area contributed by atoms with Crippen LogP contribution in [-0.2, 0) is 0 Å². The molecule has 0 atom stereocenters. The molecule has 1 amide bonds. The van der Waals surface area contributed by atoms with Crippen molar-refractivity contribution in [1.82, 2.24) is 4.98 Å². The molecule has 0 saturated heterocycles. The topological polar surface area (TPSA) is 51.2 Å². The van der Waals surface area contributed by atoms with Gasteiger partial charge in [-0.25, -0.2) is 4.98 Å². The molecule has 0 spiro atoms. The third kappa shape index (κ3) is 2.91. The van der Waals surface area contributed by atoms with E-state index in [1.807, 2.05) is 55.5 Å². The van der Waals surface area contributed by atoms with Crippen molar-refractivity contribution < 1.29 is 9.53 Å². The van der Waals surface area contributed by atoms with Crippen LogP contribution in [0.2, 0.25) is 0 Å². The summed E-state index contributed by atoms with van der Waals surface area (Å²) in [5.41, 5.74) is 1.40. The standard InChI is InChI=1S/C18H16N2O2/c1-2-22-16-12-14-10-6-7-11-15(14)19-17(16)20-18(21)13-8-4-3-5-9-13/h3-12H,2H2,1H3,(H,19,20,21). The maximum atomic E-state index is 12.3. The fraction of sp³-hybridized carbons (Fsp3) is 0.111. The van der Waals surface area contributed by atoms with E-state index in [1.54, 1.807) is 12.1 Å². The second-order valence-corrected chi connectivity index (χ2v) is 4.78. The minimum atomic E-state index is -0.204. The Balaban J connectivity index is 1.97. The highest BCUT2D eigenvalue weighted by Gasteiger charge is 2.12. The number of amides is 1. The van der Waals surface area contributed by atoms with E-state index in [4.69, 9.17) is 4.74 Å². The minimum Gasteiger partial charge on any atom is -0.490 e. The van der Waals surface area contributed by atoms with Gasteiger partial charge in [0, 0.05) is 10.9 Å². The summed E-state index contributed by atoms with van der Waals surface area (Å²) in [5.74, 6) is 0.809. The van der Waals surface area contributed by atoms with E-state index in [0.717, 1.165) is 10.9 Å². The van der Waals surface area contributed by atoms with Gasteiger partial charge in [0.05, 0.1) is 12.1 Å². The predicted octanol–water partition coefficient (Wildman–Crippen LogP) is 3.89. The van der Waals surface area contributed by atoms with Gasteiger partial charge in [0.25, 0.3) is 5.91 Å². The molecule has 4 heteroatoms. The van der Waals surface area contributed by atoms with Gasteiger partial charge in [-0.15, -0.1) is 0 Å². The summed E-state index contributed by atoms with van der Waals surface area (Å²) in [5, 5.41) is 3.80. The summed E-state index contributed by atoms with van der Waals surface area (Å²) >= 11 is 0. The molecule has 1 N–H and O–H groups in total. The van der Waals surface area contributed by atoms with Crippen molar-refractivity contribution in [2.24, 2.45) is 0 Å². The van der Waals surface area contributed by atoms with E-state index in [0.29, 0.717) is 23.7 Å². The van der Waals surface area contributed by atoms with Crippen LogP contribution in [0.25, 0.3) is 10.9 Å². The quantitative estimate of drug-likeness (QED) is 0.793. The van der Waals surface area contributed by atoms with Crippen LogP contribution in [0, 0.1) is 0 Å². The normalized spacial score (nSPS) is 10.4. The number of benzene rings is 2. The predicted molar refractivity (Wildman–Crippen MR) is 87.3 cm³/mol. The van der Waals surface area contributed by atoms with Crippen molar-refractivity contribution in [2.75, 3.05) is 11.9 Å². The number of ether oxygens (including phenoxy) is 1. The van der Waals surface area contributed by atoms with Crippen LogP contribution in [-0.4, -0.2) is 17.5 Å². The molecular formula is C18H16N2O2. The second kappa shape index (κ2) is 6.26. The summed E-state index contributed by atoms with van der Waals surface area (Å²) in [6.07, 6.45) is 0. The number of aromatic nitrogens is 1. The van der Waals surface area contributed by atoms with Crippen molar-refractivity contribution >= 4 is 22.6 Å². The van der Waals surface area contributed by atoms with Gasteiger partial charge in [0.2, 0.25) is 0 Å². The number of fused-ring (bicyclic) bond motifs is 1. The number of anilines is 1. The molecular weight excluding hydrogens is 276 g/mol. The lowest BCUT2D eigenvalue weighted by atomic mass is 10.2. The maximum Gasteiger partial charge on any atom is 0.256 e. The van der Waals surface area contributed by atoms with E-state index < -0.39 is 0 Å². The molecule has 22 heavy (non-hydrogen) atoms. The molecule has 0 fully saturated rings. The van der Waals surface area contributed by atoms with E-state index in [2.05, 4.69) is 10.3 Å². The van der Waals surface area contributed by atoms with Crippen molar-refractivity contribution in [1.29, 1.82) is 0 Å². The lowest BCUT2D eigenvalue weighted by Gasteiger charge is -2.12. The molecule has 110 valence electrons. The second-order valence-electron chi connectivity index (χ2n) is 4.78. The number of carbonyl (C=O) groups excluding carboxylic acids is 1.